The van der Waals surface area contributed by atoms with Gasteiger partial charge in [-0.2, -0.15) is 0 Å². The monoisotopic (exact) mass is 493 g/mol. The molecule has 2 fully saturated rings. The Bertz CT molecular complexity index is 766. The van der Waals surface area contributed by atoms with E-state index in [-0.39, 0.29) is 18.7 Å². The SMILES string of the molecule is C1CCOC1.O=C(O)NC(CC(=O)N1CCOCC1)C(=O)NC(CCCc1ccccc1)B(O)O. The molecule has 5 N–H and O–H groups in total. The molecule has 1 aromatic rings. The quantitative estimate of drug-likeness (QED) is 0.289. The number of nitrogens with zero attached hydrogens (tertiary/aromatic N) is 1. The normalized spacial score (nSPS) is 16.9. The molecule has 0 aromatic heterocycles. The number of amides is 3. The average Bonchev–Trinajstić information content (AvgIpc) is 3.44. The summed E-state index contributed by atoms with van der Waals surface area (Å²) in [5.74, 6) is -2.15. The number of carbonyl (C=O) groups is 3. The van der Waals surface area contributed by atoms with E-state index in [9.17, 15) is 24.4 Å². The van der Waals surface area contributed by atoms with Gasteiger partial charge in [-0.15, -0.1) is 0 Å². The van der Waals surface area contributed by atoms with Gasteiger partial charge in [0.2, 0.25) is 11.8 Å². The van der Waals surface area contributed by atoms with Crippen LogP contribution in [0.4, 0.5) is 4.79 Å². The Kier molecular flexibility index (Phi) is 13.1. The number of benzene rings is 1. The Morgan fingerprint density at radius 3 is 2.14 bits per heavy atom. The van der Waals surface area contributed by atoms with Crippen molar-refractivity contribution in [1.29, 1.82) is 0 Å². The second-order valence-corrected chi connectivity index (χ2v) is 8.43. The summed E-state index contributed by atoms with van der Waals surface area (Å²) >= 11 is 0. The van der Waals surface area contributed by atoms with Crippen LogP contribution in [0, 0.1) is 0 Å². The lowest BCUT2D eigenvalue weighted by Crippen LogP contribution is -2.55. The average molecular weight is 493 g/mol. The minimum absolute atomic E-state index is 0.273. The highest BCUT2D eigenvalue weighted by atomic mass is 16.5. The van der Waals surface area contributed by atoms with Crippen LogP contribution in [0.25, 0.3) is 0 Å². The molecule has 11 nitrogen and oxygen atoms in total. The molecule has 2 unspecified atom stereocenters. The van der Waals surface area contributed by atoms with Crippen LogP contribution in [0.5, 0.6) is 0 Å². The molecule has 2 atom stereocenters. The van der Waals surface area contributed by atoms with Crippen molar-refractivity contribution in [1.82, 2.24) is 15.5 Å². The molecule has 1 aromatic carbocycles. The van der Waals surface area contributed by atoms with Crippen molar-refractivity contribution in [2.75, 3.05) is 39.5 Å². The molecular weight excluding hydrogens is 457 g/mol. The first-order valence-electron chi connectivity index (χ1n) is 12.0. The number of carboxylic acid groups (broad SMARTS) is 1. The molecule has 2 aliphatic rings. The Morgan fingerprint density at radius 2 is 1.60 bits per heavy atom. The van der Waals surface area contributed by atoms with Crippen molar-refractivity contribution in [3.63, 3.8) is 0 Å². The second kappa shape index (κ2) is 16.1. The third-order valence-electron chi connectivity index (χ3n) is 5.70. The van der Waals surface area contributed by atoms with Crippen LogP contribution >= 0.6 is 0 Å². The molecule has 0 bridgehead atoms. The van der Waals surface area contributed by atoms with Crippen LogP contribution in [-0.2, 0) is 25.5 Å². The minimum atomic E-state index is -1.81. The lowest BCUT2D eigenvalue weighted by molar-refractivity contribution is -0.138. The highest BCUT2D eigenvalue weighted by Crippen LogP contribution is 2.09. The fourth-order valence-electron chi connectivity index (χ4n) is 3.73. The third kappa shape index (κ3) is 11.5. The Hall–Kier alpha value is -2.67. The minimum Gasteiger partial charge on any atom is -0.465 e. The Labute approximate surface area is 205 Å². The van der Waals surface area contributed by atoms with Gasteiger partial charge in [0.15, 0.2) is 0 Å². The molecule has 2 aliphatic heterocycles. The standard InChI is InChI=1S/C19H28BN3O7.C4H8O/c24-17(23-9-11-30-12-10-23)13-15(21-19(26)27)18(25)22-16(20(28)29)8-4-7-14-5-2-1-3-6-14;1-2-4-5-3-1/h1-3,5-6,15-16,21,28-29H,4,7-13H2,(H,22,25)(H,26,27);1-4H2. The van der Waals surface area contributed by atoms with Gasteiger partial charge in [-0.3, -0.25) is 9.59 Å². The van der Waals surface area contributed by atoms with Crippen molar-refractivity contribution >= 4 is 25.0 Å². The number of nitrogens with one attached hydrogen (secondary N) is 2. The van der Waals surface area contributed by atoms with Crippen molar-refractivity contribution in [2.45, 2.75) is 50.5 Å². The molecule has 194 valence electrons. The number of morpholine rings is 1. The summed E-state index contributed by atoms with van der Waals surface area (Å²) in [6, 6.07) is 8.28. The fraction of sp³-hybridized carbons (Fsp3) is 0.609. The zero-order valence-electron chi connectivity index (χ0n) is 19.9. The van der Waals surface area contributed by atoms with E-state index >= 15 is 0 Å². The van der Waals surface area contributed by atoms with Crippen LogP contribution < -0.4 is 10.6 Å². The zero-order valence-corrected chi connectivity index (χ0v) is 19.9. The van der Waals surface area contributed by atoms with Gasteiger partial charge in [0.25, 0.3) is 0 Å². The summed E-state index contributed by atoms with van der Waals surface area (Å²) in [6.45, 7) is 3.51. The fourth-order valence-corrected chi connectivity index (χ4v) is 3.73. The zero-order chi connectivity index (χ0) is 25.5. The molecule has 0 radical (unpaired) electrons. The Balaban J connectivity index is 0.000000764. The smallest absolute Gasteiger partial charge is 0.465 e. The van der Waals surface area contributed by atoms with Crippen molar-refractivity contribution in [3.05, 3.63) is 35.9 Å². The van der Waals surface area contributed by atoms with Crippen LogP contribution in [0.3, 0.4) is 0 Å². The highest BCUT2D eigenvalue weighted by Gasteiger charge is 2.31. The number of rotatable bonds is 10. The third-order valence-corrected chi connectivity index (χ3v) is 5.70. The molecule has 3 rings (SSSR count). The lowest BCUT2D eigenvalue weighted by atomic mass is 9.76. The van der Waals surface area contributed by atoms with Gasteiger partial charge < -0.3 is 40.2 Å². The van der Waals surface area contributed by atoms with Gasteiger partial charge in [-0.25, -0.2) is 4.79 Å². The lowest BCUT2D eigenvalue weighted by Gasteiger charge is -2.28. The van der Waals surface area contributed by atoms with Gasteiger partial charge in [-0.1, -0.05) is 30.3 Å². The van der Waals surface area contributed by atoms with Crippen molar-refractivity contribution < 1.29 is 39.0 Å². The first kappa shape index (κ1) is 28.6. The number of ether oxygens (including phenoxy) is 2. The molecular formula is C23H36BN3O8. The number of hydrogen-bond donors (Lipinski definition) is 5. The van der Waals surface area contributed by atoms with Crippen LogP contribution in [-0.4, -0.2) is 96.6 Å². The summed E-state index contributed by atoms with van der Waals surface area (Å²) in [5, 5.41) is 32.8. The molecule has 2 saturated heterocycles. The van der Waals surface area contributed by atoms with E-state index in [1.165, 1.54) is 17.7 Å². The molecule has 0 saturated carbocycles. The van der Waals surface area contributed by atoms with Crippen molar-refractivity contribution in [2.24, 2.45) is 0 Å². The van der Waals surface area contributed by atoms with Gasteiger partial charge in [0, 0.05) is 26.3 Å². The van der Waals surface area contributed by atoms with E-state index in [2.05, 4.69) is 5.32 Å². The molecule has 0 spiro atoms. The predicted molar refractivity (Wildman–Crippen MR) is 129 cm³/mol. The van der Waals surface area contributed by atoms with Gasteiger partial charge in [-0.05, 0) is 37.7 Å². The van der Waals surface area contributed by atoms with E-state index in [1.807, 2.05) is 35.6 Å². The summed E-state index contributed by atoms with van der Waals surface area (Å²) in [7, 11) is -1.81. The van der Waals surface area contributed by atoms with Gasteiger partial charge >= 0.3 is 13.2 Å². The maximum atomic E-state index is 12.6. The van der Waals surface area contributed by atoms with E-state index in [1.54, 1.807) is 0 Å². The van der Waals surface area contributed by atoms with Crippen LogP contribution in [0.2, 0.25) is 0 Å². The molecule has 2 heterocycles. The molecule has 0 aliphatic carbocycles. The first-order valence-corrected chi connectivity index (χ1v) is 12.0. The molecule has 3 amide bonds. The van der Waals surface area contributed by atoms with E-state index < -0.39 is 31.1 Å². The Morgan fingerprint density at radius 1 is 0.971 bits per heavy atom. The number of aryl methyl sites for hydroxylation is 1. The van der Waals surface area contributed by atoms with Crippen LogP contribution in [0.1, 0.15) is 37.7 Å². The molecule has 35 heavy (non-hydrogen) atoms. The summed E-state index contributed by atoms with van der Waals surface area (Å²) in [6.07, 6.45) is 2.28. The van der Waals surface area contributed by atoms with E-state index in [0.29, 0.717) is 39.1 Å². The van der Waals surface area contributed by atoms with Crippen molar-refractivity contribution in [3.8, 4) is 0 Å². The summed E-state index contributed by atoms with van der Waals surface area (Å²) in [4.78, 5) is 37.6. The highest BCUT2D eigenvalue weighted by molar-refractivity contribution is 6.43. The van der Waals surface area contributed by atoms with Crippen LogP contribution in [0.15, 0.2) is 30.3 Å². The molecule has 12 heteroatoms. The number of carbonyl (C=O) groups excluding carboxylic acids is 2. The number of hydrogen-bond acceptors (Lipinski definition) is 7. The maximum Gasteiger partial charge on any atom is 0.475 e. The summed E-state index contributed by atoms with van der Waals surface area (Å²) in [5.41, 5.74) is 1.08. The second-order valence-electron chi connectivity index (χ2n) is 8.43. The van der Waals surface area contributed by atoms with Gasteiger partial charge in [0.1, 0.15) is 6.04 Å². The van der Waals surface area contributed by atoms with E-state index in [4.69, 9.17) is 14.6 Å². The van der Waals surface area contributed by atoms with Gasteiger partial charge in [0.05, 0.1) is 25.6 Å². The van der Waals surface area contributed by atoms with E-state index in [0.717, 1.165) is 18.8 Å². The summed E-state index contributed by atoms with van der Waals surface area (Å²) < 4.78 is 10.1. The maximum absolute atomic E-state index is 12.6. The topological polar surface area (TPSA) is 158 Å². The predicted octanol–water partition coefficient (Wildman–Crippen LogP) is 0.188. The largest absolute Gasteiger partial charge is 0.475 e. The first-order chi connectivity index (χ1) is 16.9.